The van der Waals surface area contributed by atoms with E-state index in [2.05, 4.69) is 9.72 Å². The van der Waals surface area contributed by atoms with Crippen LogP contribution in [0.1, 0.15) is 11.3 Å². The third-order valence-electron chi connectivity index (χ3n) is 1.71. The van der Waals surface area contributed by atoms with Crippen LogP contribution in [-0.4, -0.2) is 16.5 Å². The topological polar surface area (TPSA) is 42.4 Å². The summed E-state index contributed by atoms with van der Waals surface area (Å²) in [5, 5.41) is 8.72. The standard InChI is InChI=1S/C8H4F6INO2/c9-7(10,11)5-3(15)1-16-4(2-17)6(5)18-8(12,13)14/h1,17H,2H2. The molecule has 1 heterocycles. The molecular weight excluding hydrogens is 383 g/mol. The number of pyridine rings is 1. The van der Waals surface area contributed by atoms with E-state index in [9.17, 15) is 26.3 Å². The molecule has 0 saturated carbocycles. The van der Waals surface area contributed by atoms with Gasteiger partial charge in [0, 0.05) is 9.77 Å². The number of aliphatic hydroxyl groups excluding tert-OH is 1. The summed E-state index contributed by atoms with van der Waals surface area (Å²) in [6, 6.07) is 0. The highest BCUT2D eigenvalue weighted by Gasteiger charge is 2.42. The van der Waals surface area contributed by atoms with Gasteiger partial charge in [-0.15, -0.1) is 13.2 Å². The van der Waals surface area contributed by atoms with Crippen molar-refractivity contribution in [2.75, 3.05) is 0 Å². The van der Waals surface area contributed by atoms with Crippen LogP contribution in [-0.2, 0) is 12.8 Å². The number of aromatic nitrogens is 1. The molecule has 3 nitrogen and oxygen atoms in total. The van der Waals surface area contributed by atoms with Crippen molar-refractivity contribution in [2.24, 2.45) is 0 Å². The van der Waals surface area contributed by atoms with Gasteiger partial charge in [0.1, 0.15) is 11.3 Å². The zero-order chi connectivity index (χ0) is 14.1. The molecule has 0 unspecified atom stereocenters. The third-order valence-corrected chi connectivity index (χ3v) is 2.53. The van der Waals surface area contributed by atoms with E-state index in [1.54, 1.807) is 0 Å². The summed E-state index contributed by atoms with van der Waals surface area (Å²) in [6.45, 7) is -1.11. The van der Waals surface area contributed by atoms with Gasteiger partial charge in [0.2, 0.25) is 0 Å². The molecule has 102 valence electrons. The van der Waals surface area contributed by atoms with E-state index in [4.69, 9.17) is 5.11 Å². The predicted octanol–water partition coefficient (Wildman–Crippen LogP) is 3.10. The summed E-state index contributed by atoms with van der Waals surface area (Å²) in [7, 11) is 0. The fraction of sp³-hybridized carbons (Fsp3) is 0.375. The normalized spacial score (nSPS) is 12.7. The lowest BCUT2D eigenvalue weighted by Crippen LogP contribution is -2.22. The van der Waals surface area contributed by atoms with E-state index in [-0.39, 0.29) is 0 Å². The van der Waals surface area contributed by atoms with E-state index in [0.717, 1.165) is 0 Å². The van der Waals surface area contributed by atoms with Gasteiger partial charge in [-0.3, -0.25) is 4.98 Å². The number of aliphatic hydroxyl groups is 1. The molecule has 10 heteroatoms. The van der Waals surface area contributed by atoms with E-state index in [0.29, 0.717) is 6.20 Å². The van der Waals surface area contributed by atoms with Crippen molar-refractivity contribution in [3.05, 3.63) is 21.0 Å². The number of ether oxygens (including phenoxy) is 1. The Morgan fingerprint density at radius 1 is 1.22 bits per heavy atom. The fourth-order valence-corrected chi connectivity index (χ4v) is 1.80. The lowest BCUT2D eigenvalue weighted by atomic mass is 10.2. The van der Waals surface area contributed by atoms with Gasteiger partial charge in [0.25, 0.3) is 0 Å². The minimum atomic E-state index is -5.31. The Bertz CT molecular complexity index is 444. The zero-order valence-electron chi connectivity index (χ0n) is 8.23. The highest BCUT2D eigenvalue weighted by atomic mass is 127. The predicted molar refractivity (Wildman–Crippen MR) is 54.6 cm³/mol. The zero-order valence-corrected chi connectivity index (χ0v) is 10.4. The van der Waals surface area contributed by atoms with Crippen LogP contribution in [0.2, 0.25) is 0 Å². The van der Waals surface area contributed by atoms with Gasteiger partial charge in [0.15, 0.2) is 5.75 Å². The molecule has 0 aliphatic heterocycles. The van der Waals surface area contributed by atoms with Gasteiger partial charge >= 0.3 is 12.5 Å². The van der Waals surface area contributed by atoms with E-state index in [1.165, 1.54) is 22.6 Å². The second kappa shape index (κ2) is 5.07. The number of alkyl halides is 6. The monoisotopic (exact) mass is 387 g/mol. The SMILES string of the molecule is OCc1ncc(I)c(C(F)(F)F)c1OC(F)(F)F. The Labute approximate surface area is 110 Å². The highest BCUT2D eigenvalue weighted by molar-refractivity contribution is 14.1. The van der Waals surface area contributed by atoms with E-state index in [1.807, 2.05) is 0 Å². The largest absolute Gasteiger partial charge is 0.573 e. The first kappa shape index (κ1) is 15.3. The molecule has 0 aliphatic rings. The minimum absolute atomic E-state index is 0.559. The first-order chi connectivity index (χ1) is 8.06. The van der Waals surface area contributed by atoms with Crippen LogP contribution in [0, 0.1) is 3.57 Å². The number of rotatable bonds is 2. The fourth-order valence-electron chi connectivity index (χ4n) is 1.11. The molecule has 0 spiro atoms. The number of nitrogens with zero attached hydrogens (tertiary/aromatic N) is 1. The van der Waals surface area contributed by atoms with Crippen molar-refractivity contribution < 1.29 is 36.2 Å². The highest BCUT2D eigenvalue weighted by Crippen LogP contribution is 2.42. The molecule has 1 rings (SSSR count). The molecule has 0 aliphatic carbocycles. The van der Waals surface area contributed by atoms with E-state index < -0.39 is 39.7 Å². The maximum atomic E-state index is 12.6. The van der Waals surface area contributed by atoms with Gasteiger partial charge in [-0.25, -0.2) is 0 Å². The lowest BCUT2D eigenvalue weighted by Gasteiger charge is -2.18. The van der Waals surface area contributed by atoms with Crippen LogP contribution in [0.4, 0.5) is 26.3 Å². The molecular formula is C8H4F6INO2. The molecule has 0 bridgehead atoms. The summed E-state index contributed by atoms with van der Waals surface area (Å²) in [5.74, 6) is -1.52. The van der Waals surface area contributed by atoms with Gasteiger partial charge < -0.3 is 9.84 Å². The van der Waals surface area contributed by atoms with Crippen LogP contribution >= 0.6 is 22.6 Å². The second-order valence-corrected chi connectivity index (χ2v) is 4.12. The summed E-state index contributed by atoms with van der Waals surface area (Å²) in [4.78, 5) is 3.27. The van der Waals surface area contributed by atoms with Crippen molar-refractivity contribution in [3.8, 4) is 5.75 Å². The second-order valence-electron chi connectivity index (χ2n) is 2.96. The molecule has 18 heavy (non-hydrogen) atoms. The molecule has 0 saturated heterocycles. The maximum absolute atomic E-state index is 12.6. The van der Waals surface area contributed by atoms with Crippen LogP contribution in [0.25, 0.3) is 0 Å². The quantitative estimate of drug-likeness (QED) is 0.627. The van der Waals surface area contributed by atoms with Crippen LogP contribution in [0.3, 0.4) is 0 Å². The van der Waals surface area contributed by atoms with Gasteiger partial charge in [-0.2, -0.15) is 13.2 Å². The van der Waals surface area contributed by atoms with Crippen molar-refractivity contribution >= 4 is 22.6 Å². The van der Waals surface area contributed by atoms with Gasteiger partial charge in [0.05, 0.1) is 6.61 Å². The van der Waals surface area contributed by atoms with E-state index >= 15 is 0 Å². The Morgan fingerprint density at radius 2 is 1.78 bits per heavy atom. The molecule has 0 aromatic carbocycles. The Kier molecular flexibility index (Phi) is 4.30. The number of halogens is 7. The van der Waals surface area contributed by atoms with Crippen LogP contribution in [0.15, 0.2) is 6.20 Å². The first-order valence-corrected chi connectivity index (χ1v) is 5.25. The molecule has 0 fully saturated rings. The maximum Gasteiger partial charge on any atom is 0.573 e. The summed E-state index contributed by atoms with van der Waals surface area (Å²) >= 11 is 1.18. The Balaban J connectivity index is 3.47. The van der Waals surface area contributed by atoms with Gasteiger partial charge in [-0.1, -0.05) is 0 Å². The summed E-state index contributed by atoms with van der Waals surface area (Å²) in [5.41, 5.74) is -2.44. The summed E-state index contributed by atoms with van der Waals surface area (Å²) < 4.78 is 76.8. The molecule has 0 radical (unpaired) electrons. The average molecular weight is 387 g/mol. The smallest absolute Gasteiger partial charge is 0.403 e. The molecule has 0 amide bonds. The first-order valence-electron chi connectivity index (χ1n) is 4.17. The van der Waals surface area contributed by atoms with Gasteiger partial charge in [-0.05, 0) is 22.6 Å². The average Bonchev–Trinajstić information content (AvgIpc) is 2.13. The van der Waals surface area contributed by atoms with Crippen LogP contribution < -0.4 is 4.74 Å². The molecule has 1 N–H and O–H groups in total. The van der Waals surface area contributed by atoms with Crippen molar-refractivity contribution in [1.29, 1.82) is 0 Å². The van der Waals surface area contributed by atoms with Crippen LogP contribution in [0.5, 0.6) is 5.75 Å². The minimum Gasteiger partial charge on any atom is -0.403 e. The number of hydrogen-bond acceptors (Lipinski definition) is 3. The van der Waals surface area contributed by atoms with Crippen molar-refractivity contribution in [3.63, 3.8) is 0 Å². The molecule has 1 aromatic rings. The van der Waals surface area contributed by atoms with Crippen molar-refractivity contribution in [2.45, 2.75) is 19.1 Å². The Hall–Kier alpha value is -0.780. The van der Waals surface area contributed by atoms with Crippen molar-refractivity contribution in [1.82, 2.24) is 4.98 Å². The molecule has 1 aromatic heterocycles. The number of hydrogen-bond donors (Lipinski definition) is 1. The molecule has 0 atom stereocenters. The lowest BCUT2D eigenvalue weighted by molar-refractivity contribution is -0.276. The summed E-state index contributed by atoms with van der Waals surface area (Å²) in [6.07, 6.45) is -9.65. The Morgan fingerprint density at radius 3 is 2.17 bits per heavy atom. The third kappa shape index (κ3) is 3.60.